The Hall–Kier alpha value is -1.26. The summed E-state index contributed by atoms with van der Waals surface area (Å²) in [5, 5.41) is 3.68. The molecule has 0 saturated carbocycles. The monoisotopic (exact) mass is 287 g/mol. The van der Waals surface area contributed by atoms with E-state index in [2.05, 4.69) is 57.8 Å². The van der Waals surface area contributed by atoms with E-state index in [-0.39, 0.29) is 0 Å². The summed E-state index contributed by atoms with van der Waals surface area (Å²) in [7, 11) is 0. The third kappa shape index (κ3) is 3.07. The molecule has 1 N–H and O–H groups in total. The van der Waals surface area contributed by atoms with Crippen LogP contribution in [0.3, 0.4) is 0 Å². The van der Waals surface area contributed by atoms with Gasteiger partial charge >= 0.3 is 0 Å². The Bertz CT molecular complexity index is 544. The Labute approximate surface area is 124 Å². The van der Waals surface area contributed by atoms with Crippen molar-refractivity contribution in [3.63, 3.8) is 0 Å². The van der Waals surface area contributed by atoms with E-state index in [9.17, 15) is 0 Å². The van der Waals surface area contributed by atoms with Crippen LogP contribution in [-0.2, 0) is 6.54 Å². The van der Waals surface area contributed by atoms with Crippen LogP contribution in [0, 0.1) is 6.92 Å². The zero-order valence-electron chi connectivity index (χ0n) is 11.9. The molecule has 2 heterocycles. The van der Waals surface area contributed by atoms with E-state index in [1.165, 1.54) is 35.7 Å². The number of hydrogen-bond donors (Lipinski definition) is 1. The normalized spacial score (nSPS) is 19.1. The van der Waals surface area contributed by atoms with Gasteiger partial charge in [0, 0.05) is 24.0 Å². The minimum atomic E-state index is 0.646. The van der Waals surface area contributed by atoms with Crippen molar-refractivity contribution in [2.24, 2.45) is 0 Å². The van der Waals surface area contributed by atoms with Gasteiger partial charge in [-0.2, -0.15) is 11.8 Å². The average Bonchev–Trinajstić information content (AvgIpc) is 2.88. The van der Waals surface area contributed by atoms with Crippen LogP contribution in [0.1, 0.15) is 24.4 Å². The zero-order chi connectivity index (χ0) is 13.8. The van der Waals surface area contributed by atoms with Crippen molar-refractivity contribution in [3.8, 4) is 5.69 Å². The largest absolute Gasteiger partial charge is 0.308 e. The van der Waals surface area contributed by atoms with Gasteiger partial charge in [0.25, 0.3) is 0 Å². The molecule has 1 aromatic carbocycles. The average molecular weight is 287 g/mol. The molecule has 0 radical (unpaired) electrons. The molecule has 1 fully saturated rings. The number of para-hydroxylation sites is 1. The summed E-state index contributed by atoms with van der Waals surface area (Å²) in [4.78, 5) is 4.47. The summed E-state index contributed by atoms with van der Waals surface area (Å²) in [5.41, 5.74) is 2.43. The van der Waals surface area contributed by atoms with Crippen LogP contribution in [0.25, 0.3) is 5.69 Å². The molecule has 3 rings (SSSR count). The molecule has 0 amide bonds. The Morgan fingerprint density at radius 1 is 1.35 bits per heavy atom. The van der Waals surface area contributed by atoms with E-state index in [0.29, 0.717) is 6.04 Å². The van der Waals surface area contributed by atoms with Crippen molar-refractivity contribution < 1.29 is 0 Å². The van der Waals surface area contributed by atoms with Gasteiger partial charge < -0.3 is 5.32 Å². The van der Waals surface area contributed by atoms with Crippen LogP contribution in [0.4, 0.5) is 0 Å². The van der Waals surface area contributed by atoms with Crippen LogP contribution in [0.15, 0.2) is 36.5 Å². The zero-order valence-corrected chi connectivity index (χ0v) is 12.7. The standard InChI is InChI=1S/C16H21N3S/c1-13-17-10-16(11-18-14-6-5-9-20-12-14)19(13)15-7-3-2-4-8-15/h2-4,7-8,10,14,18H,5-6,9,11-12H2,1H3. The molecule has 106 valence electrons. The quantitative estimate of drug-likeness (QED) is 0.937. The second-order valence-electron chi connectivity index (χ2n) is 5.26. The highest BCUT2D eigenvalue weighted by Gasteiger charge is 2.14. The lowest BCUT2D eigenvalue weighted by Crippen LogP contribution is -2.33. The number of hydrogen-bond acceptors (Lipinski definition) is 3. The molecule has 1 aliphatic rings. The minimum absolute atomic E-state index is 0.646. The molecule has 1 aromatic heterocycles. The van der Waals surface area contributed by atoms with Crippen LogP contribution in [-0.4, -0.2) is 27.1 Å². The van der Waals surface area contributed by atoms with Gasteiger partial charge in [-0.15, -0.1) is 0 Å². The van der Waals surface area contributed by atoms with Gasteiger partial charge in [-0.05, 0) is 37.7 Å². The fraction of sp³-hybridized carbons (Fsp3) is 0.438. The van der Waals surface area contributed by atoms with Crippen LogP contribution < -0.4 is 5.32 Å². The van der Waals surface area contributed by atoms with Crippen LogP contribution >= 0.6 is 11.8 Å². The summed E-state index contributed by atoms with van der Waals surface area (Å²) < 4.78 is 2.24. The highest BCUT2D eigenvalue weighted by molar-refractivity contribution is 7.99. The molecular weight excluding hydrogens is 266 g/mol. The van der Waals surface area contributed by atoms with Gasteiger partial charge in [0.1, 0.15) is 5.82 Å². The number of nitrogens with zero attached hydrogens (tertiary/aromatic N) is 2. The van der Waals surface area contributed by atoms with Crippen molar-refractivity contribution in [2.75, 3.05) is 11.5 Å². The second-order valence-corrected chi connectivity index (χ2v) is 6.41. The second kappa shape index (κ2) is 6.46. The van der Waals surface area contributed by atoms with Crippen molar-refractivity contribution in [1.82, 2.24) is 14.9 Å². The first-order chi connectivity index (χ1) is 9.84. The summed E-state index contributed by atoms with van der Waals surface area (Å²) in [6, 6.07) is 11.1. The molecule has 0 aliphatic carbocycles. The highest BCUT2D eigenvalue weighted by Crippen LogP contribution is 2.18. The summed E-state index contributed by atoms with van der Waals surface area (Å²) in [6.07, 6.45) is 4.62. The molecule has 1 aliphatic heterocycles. The molecular formula is C16H21N3S. The van der Waals surface area contributed by atoms with E-state index in [1.54, 1.807) is 0 Å². The third-order valence-electron chi connectivity index (χ3n) is 3.76. The smallest absolute Gasteiger partial charge is 0.110 e. The minimum Gasteiger partial charge on any atom is -0.308 e. The summed E-state index contributed by atoms with van der Waals surface area (Å²) in [6.45, 7) is 2.95. The predicted molar refractivity (Wildman–Crippen MR) is 85.5 cm³/mol. The van der Waals surface area contributed by atoms with Gasteiger partial charge in [-0.3, -0.25) is 4.57 Å². The van der Waals surface area contributed by atoms with Gasteiger partial charge in [0.2, 0.25) is 0 Å². The molecule has 1 atom stereocenters. The summed E-state index contributed by atoms with van der Waals surface area (Å²) in [5.74, 6) is 3.60. The molecule has 0 bridgehead atoms. The lowest BCUT2D eigenvalue weighted by atomic mass is 10.2. The van der Waals surface area contributed by atoms with E-state index in [0.717, 1.165) is 12.4 Å². The lowest BCUT2D eigenvalue weighted by molar-refractivity contribution is 0.501. The number of nitrogens with one attached hydrogen (secondary N) is 1. The number of aromatic nitrogens is 2. The molecule has 3 nitrogen and oxygen atoms in total. The molecule has 20 heavy (non-hydrogen) atoms. The number of imidazole rings is 1. The van der Waals surface area contributed by atoms with E-state index in [4.69, 9.17) is 0 Å². The number of rotatable bonds is 4. The van der Waals surface area contributed by atoms with Gasteiger partial charge in [0.15, 0.2) is 0 Å². The first-order valence-corrected chi connectivity index (χ1v) is 8.40. The number of thioether (sulfide) groups is 1. The molecule has 1 saturated heterocycles. The van der Waals surface area contributed by atoms with Gasteiger partial charge in [-0.25, -0.2) is 4.98 Å². The van der Waals surface area contributed by atoms with Crippen LogP contribution in [0.2, 0.25) is 0 Å². The maximum atomic E-state index is 4.47. The van der Waals surface area contributed by atoms with Gasteiger partial charge in [-0.1, -0.05) is 18.2 Å². The van der Waals surface area contributed by atoms with Crippen LogP contribution in [0.5, 0.6) is 0 Å². The van der Waals surface area contributed by atoms with E-state index < -0.39 is 0 Å². The number of aryl methyl sites for hydroxylation is 1. The third-order valence-corrected chi connectivity index (χ3v) is 4.97. The SMILES string of the molecule is Cc1ncc(CNC2CCCSC2)n1-c1ccccc1. The molecule has 2 aromatic rings. The Balaban J connectivity index is 1.74. The van der Waals surface area contributed by atoms with Crippen molar-refractivity contribution >= 4 is 11.8 Å². The van der Waals surface area contributed by atoms with E-state index >= 15 is 0 Å². The Morgan fingerprint density at radius 3 is 2.95 bits per heavy atom. The lowest BCUT2D eigenvalue weighted by Gasteiger charge is -2.22. The first kappa shape index (κ1) is 13.7. The first-order valence-electron chi connectivity index (χ1n) is 7.24. The fourth-order valence-electron chi connectivity index (χ4n) is 2.70. The van der Waals surface area contributed by atoms with Crippen molar-refractivity contribution in [3.05, 3.63) is 48.0 Å². The maximum absolute atomic E-state index is 4.47. The summed E-state index contributed by atoms with van der Waals surface area (Å²) >= 11 is 2.06. The number of benzene rings is 1. The fourth-order valence-corrected chi connectivity index (χ4v) is 3.80. The van der Waals surface area contributed by atoms with Gasteiger partial charge in [0.05, 0.1) is 11.9 Å². The Morgan fingerprint density at radius 2 is 2.20 bits per heavy atom. The molecule has 0 spiro atoms. The van der Waals surface area contributed by atoms with Crippen molar-refractivity contribution in [2.45, 2.75) is 32.4 Å². The Kier molecular flexibility index (Phi) is 4.43. The topological polar surface area (TPSA) is 29.9 Å². The highest BCUT2D eigenvalue weighted by atomic mass is 32.2. The van der Waals surface area contributed by atoms with E-state index in [1.807, 2.05) is 12.3 Å². The molecule has 1 unspecified atom stereocenters. The predicted octanol–water partition coefficient (Wildman–Crippen LogP) is 3.17. The van der Waals surface area contributed by atoms with Crippen molar-refractivity contribution in [1.29, 1.82) is 0 Å². The molecule has 4 heteroatoms. The maximum Gasteiger partial charge on any atom is 0.110 e.